The van der Waals surface area contributed by atoms with Crippen LogP contribution in [0.25, 0.3) is 0 Å². The normalized spacial score (nSPS) is 11.6. The Morgan fingerprint density at radius 1 is 1.39 bits per heavy atom. The molecule has 0 N–H and O–H groups in total. The summed E-state index contributed by atoms with van der Waals surface area (Å²) in [7, 11) is 0. The highest BCUT2D eigenvalue weighted by atomic mass is 79.9. The molecule has 0 saturated heterocycles. The molecule has 0 spiro atoms. The lowest BCUT2D eigenvalue weighted by Gasteiger charge is -2.21. The van der Waals surface area contributed by atoms with Crippen molar-refractivity contribution in [2.75, 3.05) is 6.61 Å². The fourth-order valence-corrected chi connectivity index (χ4v) is 3.22. The van der Waals surface area contributed by atoms with Crippen LogP contribution in [0.5, 0.6) is 0 Å². The molecule has 0 amide bonds. The molecule has 0 aliphatic rings. The minimum absolute atomic E-state index is 0.502. The second kappa shape index (κ2) is 7.31. The molecule has 0 aliphatic heterocycles. The van der Waals surface area contributed by atoms with Crippen molar-refractivity contribution in [3.05, 3.63) is 46.6 Å². The van der Waals surface area contributed by atoms with E-state index in [0.717, 1.165) is 10.0 Å². The standard InChI is InChI=1S/C12H11Br3O3/c1-2-17-8-7-11(16)18-12(14,15)9-5-3-4-6-10(9)13/h3-8H,2H2,1H3. The van der Waals surface area contributed by atoms with E-state index in [1.165, 1.54) is 12.3 Å². The molecule has 1 aromatic carbocycles. The van der Waals surface area contributed by atoms with Crippen molar-refractivity contribution in [3.8, 4) is 0 Å². The maximum atomic E-state index is 11.6. The first-order valence-electron chi connectivity index (χ1n) is 5.11. The molecule has 6 heteroatoms. The van der Waals surface area contributed by atoms with Crippen molar-refractivity contribution in [2.24, 2.45) is 0 Å². The van der Waals surface area contributed by atoms with E-state index in [9.17, 15) is 4.79 Å². The van der Waals surface area contributed by atoms with Crippen molar-refractivity contribution < 1.29 is 14.3 Å². The number of hydrogen-bond donors (Lipinski definition) is 0. The van der Waals surface area contributed by atoms with E-state index in [4.69, 9.17) is 9.47 Å². The molecule has 18 heavy (non-hydrogen) atoms. The molecule has 0 radical (unpaired) electrons. The summed E-state index contributed by atoms with van der Waals surface area (Å²) in [5.74, 6) is -0.520. The molecule has 0 saturated carbocycles. The number of esters is 1. The van der Waals surface area contributed by atoms with Gasteiger partial charge in [0.25, 0.3) is 0 Å². The van der Waals surface area contributed by atoms with E-state index in [-0.39, 0.29) is 0 Å². The summed E-state index contributed by atoms with van der Waals surface area (Å²) in [6, 6.07) is 7.41. The zero-order valence-electron chi connectivity index (χ0n) is 9.53. The lowest BCUT2D eigenvalue weighted by molar-refractivity contribution is -0.140. The van der Waals surface area contributed by atoms with E-state index in [2.05, 4.69) is 47.8 Å². The lowest BCUT2D eigenvalue weighted by atomic mass is 10.2. The molecular weight excluding hydrogens is 432 g/mol. The van der Waals surface area contributed by atoms with Crippen molar-refractivity contribution >= 4 is 53.8 Å². The van der Waals surface area contributed by atoms with Crippen molar-refractivity contribution in [1.29, 1.82) is 0 Å². The third kappa shape index (κ3) is 4.74. The van der Waals surface area contributed by atoms with E-state index in [1.54, 1.807) is 0 Å². The van der Waals surface area contributed by atoms with E-state index in [0.29, 0.717) is 6.61 Å². The molecule has 0 bridgehead atoms. The van der Waals surface area contributed by atoms with Gasteiger partial charge in [0, 0.05) is 10.0 Å². The summed E-state index contributed by atoms with van der Waals surface area (Å²) in [5, 5.41) is 0. The van der Waals surface area contributed by atoms with E-state index < -0.39 is 9.39 Å². The Morgan fingerprint density at radius 3 is 2.67 bits per heavy atom. The van der Waals surface area contributed by atoms with Gasteiger partial charge in [0.1, 0.15) is 0 Å². The number of rotatable bonds is 5. The molecule has 98 valence electrons. The van der Waals surface area contributed by atoms with Crippen molar-refractivity contribution in [3.63, 3.8) is 0 Å². The molecule has 1 rings (SSSR count). The van der Waals surface area contributed by atoms with Gasteiger partial charge in [-0.25, -0.2) is 4.79 Å². The van der Waals surface area contributed by atoms with Crippen LogP contribution in [0.3, 0.4) is 0 Å². The molecule has 0 heterocycles. The van der Waals surface area contributed by atoms with Crippen LogP contribution < -0.4 is 0 Å². The Bertz CT molecular complexity index is 444. The van der Waals surface area contributed by atoms with Crippen LogP contribution in [0.2, 0.25) is 0 Å². The Hall–Kier alpha value is -0.330. The smallest absolute Gasteiger partial charge is 0.336 e. The van der Waals surface area contributed by atoms with Gasteiger partial charge in [-0.05, 0) is 44.8 Å². The Labute approximate surface area is 131 Å². The van der Waals surface area contributed by atoms with Gasteiger partial charge < -0.3 is 9.47 Å². The van der Waals surface area contributed by atoms with Crippen molar-refractivity contribution in [1.82, 2.24) is 0 Å². The van der Waals surface area contributed by atoms with Gasteiger partial charge in [0.2, 0.25) is 3.42 Å². The topological polar surface area (TPSA) is 35.5 Å². The van der Waals surface area contributed by atoms with Crippen LogP contribution in [0.4, 0.5) is 0 Å². The average Bonchev–Trinajstić information content (AvgIpc) is 2.29. The maximum Gasteiger partial charge on any atom is 0.336 e. The van der Waals surface area contributed by atoms with Crippen LogP contribution in [0.1, 0.15) is 12.5 Å². The molecule has 0 atom stereocenters. The van der Waals surface area contributed by atoms with Crippen LogP contribution in [-0.2, 0) is 17.7 Å². The largest absolute Gasteiger partial charge is 0.501 e. The molecule has 0 aromatic heterocycles. The minimum atomic E-state index is -1.08. The zero-order valence-corrected chi connectivity index (χ0v) is 14.3. The Balaban J connectivity index is 2.76. The number of carbonyl (C=O) groups excluding carboxylic acids is 1. The minimum Gasteiger partial charge on any atom is -0.501 e. The van der Waals surface area contributed by atoms with Crippen LogP contribution in [-0.4, -0.2) is 12.6 Å². The number of alkyl halides is 2. The number of ether oxygens (including phenoxy) is 2. The summed E-state index contributed by atoms with van der Waals surface area (Å²) in [6.07, 6.45) is 2.52. The maximum absolute atomic E-state index is 11.6. The van der Waals surface area contributed by atoms with Crippen molar-refractivity contribution in [2.45, 2.75) is 10.3 Å². The highest BCUT2D eigenvalue weighted by Gasteiger charge is 2.31. The van der Waals surface area contributed by atoms with Gasteiger partial charge in [-0.1, -0.05) is 34.1 Å². The summed E-state index contributed by atoms with van der Waals surface area (Å²) in [6.45, 7) is 2.33. The van der Waals surface area contributed by atoms with Gasteiger partial charge in [-0.3, -0.25) is 0 Å². The van der Waals surface area contributed by atoms with Gasteiger partial charge in [0.15, 0.2) is 0 Å². The molecule has 1 aromatic rings. The lowest BCUT2D eigenvalue weighted by Crippen LogP contribution is -2.18. The molecular formula is C12H11Br3O3. The van der Waals surface area contributed by atoms with Gasteiger partial charge >= 0.3 is 5.97 Å². The second-order valence-corrected chi connectivity index (χ2v) is 7.33. The monoisotopic (exact) mass is 440 g/mol. The summed E-state index contributed by atoms with van der Waals surface area (Å²) in [4.78, 5) is 11.6. The second-order valence-electron chi connectivity index (χ2n) is 3.18. The highest BCUT2D eigenvalue weighted by Crippen LogP contribution is 2.42. The third-order valence-electron chi connectivity index (χ3n) is 1.88. The summed E-state index contributed by atoms with van der Waals surface area (Å²) < 4.78 is 9.92. The number of benzene rings is 1. The highest BCUT2D eigenvalue weighted by molar-refractivity contribution is 9.24. The molecule has 0 fully saturated rings. The predicted octanol–water partition coefficient (Wildman–Crippen LogP) is 4.44. The van der Waals surface area contributed by atoms with E-state index in [1.807, 2.05) is 31.2 Å². The Morgan fingerprint density at radius 2 is 2.06 bits per heavy atom. The van der Waals surface area contributed by atoms with Gasteiger partial charge in [0.05, 0.1) is 18.9 Å². The number of hydrogen-bond acceptors (Lipinski definition) is 3. The summed E-state index contributed by atoms with van der Waals surface area (Å²) in [5.41, 5.74) is 0.753. The Kier molecular flexibility index (Phi) is 6.38. The number of carbonyl (C=O) groups is 1. The number of halogens is 3. The predicted molar refractivity (Wildman–Crippen MR) is 80.5 cm³/mol. The average molecular weight is 443 g/mol. The summed E-state index contributed by atoms with van der Waals surface area (Å²) >= 11 is 10.0. The van der Waals surface area contributed by atoms with Crippen LogP contribution in [0, 0.1) is 0 Å². The van der Waals surface area contributed by atoms with Crippen LogP contribution >= 0.6 is 47.8 Å². The third-order valence-corrected chi connectivity index (χ3v) is 3.75. The SMILES string of the molecule is CCOC=CC(=O)OC(Br)(Br)c1ccccc1Br. The van der Waals surface area contributed by atoms with Gasteiger partial charge in [-0.2, -0.15) is 0 Å². The fraction of sp³-hybridized carbons (Fsp3) is 0.250. The molecule has 0 unspecified atom stereocenters. The first kappa shape index (κ1) is 15.7. The molecule has 3 nitrogen and oxygen atoms in total. The van der Waals surface area contributed by atoms with E-state index >= 15 is 0 Å². The quantitative estimate of drug-likeness (QED) is 0.292. The van der Waals surface area contributed by atoms with Gasteiger partial charge in [-0.15, -0.1) is 0 Å². The zero-order chi connectivity index (χ0) is 13.6. The first-order valence-corrected chi connectivity index (χ1v) is 7.49. The molecule has 0 aliphatic carbocycles. The first-order chi connectivity index (χ1) is 8.47. The van der Waals surface area contributed by atoms with Crippen LogP contribution in [0.15, 0.2) is 41.1 Å². The fourth-order valence-electron chi connectivity index (χ4n) is 1.11.